The maximum Gasteiger partial charge on any atom is 0.250 e. The molecule has 2 aliphatic heterocycles. The van der Waals surface area contributed by atoms with Crippen LogP contribution in [0.2, 0.25) is 0 Å². The molecule has 2 unspecified atom stereocenters. The van der Waals surface area contributed by atoms with Gasteiger partial charge < -0.3 is 16.0 Å². The topological polar surface area (TPSA) is 58.4 Å². The van der Waals surface area contributed by atoms with Crippen molar-refractivity contribution in [3.05, 3.63) is 28.2 Å². The van der Waals surface area contributed by atoms with Gasteiger partial charge in [-0.05, 0) is 43.5 Å². The number of anilines is 1. The van der Waals surface area contributed by atoms with Crippen LogP contribution in [0, 0.1) is 5.92 Å². The van der Waals surface area contributed by atoms with Crippen LogP contribution >= 0.6 is 15.9 Å². The molecular formula is C14H18BrN3O. The van der Waals surface area contributed by atoms with Crippen molar-refractivity contribution in [1.82, 2.24) is 5.32 Å². The monoisotopic (exact) mass is 323 g/mol. The van der Waals surface area contributed by atoms with Crippen molar-refractivity contribution >= 4 is 27.5 Å². The van der Waals surface area contributed by atoms with Gasteiger partial charge in [0.25, 0.3) is 5.91 Å². The van der Waals surface area contributed by atoms with Crippen LogP contribution in [0.4, 0.5) is 5.69 Å². The molecule has 0 saturated carbocycles. The normalized spacial score (nSPS) is 26.3. The lowest BCUT2D eigenvalue weighted by Crippen LogP contribution is -2.40. The van der Waals surface area contributed by atoms with Crippen LogP contribution in [-0.4, -0.2) is 31.6 Å². The Balaban J connectivity index is 1.88. The standard InChI is InChI=1S/C14H18BrN3O/c15-10-3-4-13(11(6-10)14(16)19)18-7-9-2-1-5-17-12(9)8-18/h3-4,6,9,12,17H,1-2,5,7-8H2,(H2,16,19). The van der Waals surface area contributed by atoms with Crippen LogP contribution in [0.1, 0.15) is 23.2 Å². The average molecular weight is 324 g/mol. The molecule has 1 aromatic carbocycles. The highest BCUT2D eigenvalue weighted by Gasteiger charge is 2.35. The number of amides is 1. The van der Waals surface area contributed by atoms with Gasteiger partial charge in [0.15, 0.2) is 0 Å². The number of fused-ring (bicyclic) bond motifs is 1. The van der Waals surface area contributed by atoms with Crippen molar-refractivity contribution in [2.24, 2.45) is 11.7 Å². The van der Waals surface area contributed by atoms with Gasteiger partial charge in [0.1, 0.15) is 0 Å². The Morgan fingerprint density at radius 3 is 3.00 bits per heavy atom. The Hall–Kier alpha value is -1.07. The fourth-order valence-corrected chi connectivity index (χ4v) is 3.59. The highest BCUT2D eigenvalue weighted by molar-refractivity contribution is 9.10. The van der Waals surface area contributed by atoms with Crippen LogP contribution in [0.5, 0.6) is 0 Å². The van der Waals surface area contributed by atoms with E-state index < -0.39 is 0 Å². The molecule has 1 amide bonds. The molecule has 4 nitrogen and oxygen atoms in total. The summed E-state index contributed by atoms with van der Waals surface area (Å²) < 4.78 is 0.889. The summed E-state index contributed by atoms with van der Waals surface area (Å²) in [6, 6.07) is 6.32. The minimum atomic E-state index is -0.362. The van der Waals surface area contributed by atoms with Crippen LogP contribution in [-0.2, 0) is 0 Å². The van der Waals surface area contributed by atoms with E-state index in [2.05, 4.69) is 26.1 Å². The van der Waals surface area contributed by atoms with Crippen molar-refractivity contribution in [2.45, 2.75) is 18.9 Å². The summed E-state index contributed by atoms with van der Waals surface area (Å²) in [4.78, 5) is 13.9. The summed E-state index contributed by atoms with van der Waals surface area (Å²) in [7, 11) is 0. The molecule has 102 valence electrons. The van der Waals surface area contributed by atoms with E-state index in [1.54, 1.807) is 0 Å². The molecule has 5 heteroatoms. The summed E-state index contributed by atoms with van der Waals surface area (Å²) >= 11 is 3.40. The first kappa shape index (κ1) is 12.9. The molecule has 0 aliphatic carbocycles. The van der Waals surface area contributed by atoms with Gasteiger partial charge in [-0.1, -0.05) is 15.9 Å². The summed E-state index contributed by atoms with van der Waals surface area (Å²) in [5.41, 5.74) is 7.07. The van der Waals surface area contributed by atoms with E-state index >= 15 is 0 Å². The van der Waals surface area contributed by atoms with E-state index in [1.807, 2.05) is 18.2 Å². The van der Waals surface area contributed by atoms with Crippen LogP contribution in [0.3, 0.4) is 0 Å². The predicted molar refractivity (Wildman–Crippen MR) is 79.4 cm³/mol. The number of rotatable bonds is 2. The Morgan fingerprint density at radius 1 is 1.42 bits per heavy atom. The molecule has 2 saturated heterocycles. The molecule has 3 rings (SSSR count). The molecular weight excluding hydrogens is 306 g/mol. The molecule has 0 bridgehead atoms. The first-order chi connectivity index (χ1) is 9.15. The Morgan fingerprint density at radius 2 is 2.26 bits per heavy atom. The molecule has 0 radical (unpaired) electrons. The number of piperidine rings is 1. The molecule has 2 fully saturated rings. The molecule has 3 N–H and O–H groups in total. The van der Waals surface area contributed by atoms with Gasteiger partial charge in [0.05, 0.1) is 5.56 Å². The van der Waals surface area contributed by atoms with Crippen molar-refractivity contribution < 1.29 is 4.79 Å². The zero-order chi connectivity index (χ0) is 13.4. The van der Waals surface area contributed by atoms with Crippen molar-refractivity contribution in [1.29, 1.82) is 0 Å². The van der Waals surface area contributed by atoms with Crippen LogP contribution in [0.25, 0.3) is 0 Å². The van der Waals surface area contributed by atoms with Gasteiger partial charge in [-0.25, -0.2) is 0 Å². The third-order valence-corrected chi connectivity index (χ3v) is 4.66. The minimum absolute atomic E-state index is 0.362. The molecule has 0 aromatic heterocycles. The van der Waals surface area contributed by atoms with Crippen molar-refractivity contribution in [2.75, 3.05) is 24.5 Å². The predicted octanol–water partition coefficient (Wildman–Crippen LogP) is 1.74. The lowest BCUT2D eigenvalue weighted by Gasteiger charge is -2.24. The van der Waals surface area contributed by atoms with E-state index in [4.69, 9.17) is 5.73 Å². The van der Waals surface area contributed by atoms with E-state index in [-0.39, 0.29) is 5.91 Å². The molecule has 0 spiro atoms. The highest BCUT2D eigenvalue weighted by atomic mass is 79.9. The van der Waals surface area contributed by atoms with E-state index in [0.29, 0.717) is 17.5 Å². The Kier molecular flexibility index (Phi) is 3.50. The third-order valence-electron chi connectivity index (χ3n) is 4.16. The van der Waals surface area contributed by atoms with Gasteiger partial charge >= 0.3 is 0 Å². The molecule has 2 aliphatic rings. The smallest absolute Gasteiger partial charge is 0.250 e. The highest BCUT2D eigenvalue weighted by Crippen LogP contribution is 2.32. The fourth-order valence-electron chi connectivity index (χ4n) is 3.22. The molecule has 1 aromatic rings. The summed E-state index contributed by atoms with van der Waals surface area (Å²) in [5, 5.41) is 3.57. The third kappa shape index (κ3) is 2.49. The van der Waals surface area contributed by atoms with Crippen LogP contribution < -0.4 is 16.0 Å². The number of nitrogens with two attached hydrogens (primary N) is 1. The lowest BCUT2D eigenvalue weighted by atomic mass is 9.94. The van der Waals surface area contributed by atoms with Gasteiger partial charge in [0, 0.05) is 29.3 Å². The minimum Gasteiger partial charge on any atom is -0.369 e. The number of halogens is 1. The Labute approximate surface area is 121 Å². The first-order valence-electron chi connectivity index (χ1n) is 6.73. The zero-order valence-electron chi connectivity index (χ0n) is 10.7. The number of carbonyl (C=O) groups is 1. The maximum atomic E-state index is 11.6. The number of primary amides is 1. The largest absolute Gasteiger partial charge is 0.369 e. The van der Waals surface area contributed by atoms with Gasteiger partial charge in [0.2, 0.25) is 0 Å². The summed E-state index contributed by atoms with van der Waals surface area (Å²) in [6.45, 7) is 3.09. The second-order valence-corrected chi connectivity index (χ2v) is 6.31. The number of nitrogens with one attached hydrogen (secondary N) is 1. The summed E-state index contributed by atoms with van der Waals surface area (Å²) in [5.74, 6) is 0.331. The number of carbonyl (C=O) groups excluding carboxylic acids is 1. The van der Waals surface area contributed by atoms with Gasteiger partial charge in [-0.15, -0.1) is 0 Å². The van der Waals surface area contributed by atoms with Gasteiger partial charge in [-0.2, -0.15) is 0 Å². The van der Waals surface area contributed by atoms with Gasteiger partial charge in [-0.3, -0.25) is 4.79 Å². The quantitative estimate of drug-likeness (QED) is 0.871. The van der Waals surface area contributed by atoms with Crippen molar-refractivity contribution in [3.63, 3.8) is 0 Å². The zero-order valence-corrected chi connectivity index (χ0v) is 12.3. The van der Waals surface area contributed by atoms with E-state index in [1.165, 1.54) is 12.8 Å². The second kappa shape index (κ2) is 5.13. The molecule has 2 heterocycles. The number of benzene rings is 1. The number of hydrogen-bond acceptors (Lipinski definition) is 3. The number of hydrogen-bond donors (Lipinski definition) is 2. The van der Waals surface area contributed by atoms with E-state index in [9.17, 15) is 4.79 Å². The SMILES string of the molecule is NC(=O)c1cc(Br)ccc1N1CC2CCCNC2C1. The Bertz CT molecular complexity index is 491. The maximum absolute atomic E-state index is 11.6. The summed E-state index contributed by atoms with van der Waals surface area (Å²) in [6.07, 6.45) is 2.52. The number of nitrogens with zero attached hydrogens (tertiary/aromatic N) is 1. The molecule has 2 atom stereocenters. The van der Waals surface area contributed by atoms with Crippen LogP contribution in [0.15, 0.2) is 22.7 Å². The first-order valence-corrected chi connectivity index (χ1v) is 7.52. The second-order valence-electron chi connectivity index (χ2n) is 5.39. The average Bonchev–Trinajstić information content (AvgIpc) is 2.82. The molecule has 19 heavy (non-hydrogen) atoms. The fraction of sp³-hybridized carbons (Fsp3) is 0.500. The van der Waals surface area contributed by atoms with E-state index in [0.717, 1.165) is 29.8 Å². The lowest BCUT2D eigenvalue weighted by molar-refractivity contribution is 0.100. The van der Waals surface area contributed by atoms with Crippen molar-refractivity contribution in [3.8, 4) is 0 Å².